The fourth-order valence-corrected chi connectivity index (χ4v) is 10.0. The average Bonchev–Trinajstić information content (AvgIpc) is 3.88. The van der Waals surface area contributed by atoms with Gasteiger partial charge in [0, 0.05) is 29.8 Å². The fourth-order valence-electron chi connectivity index (χ4n) is 10.0. The molecule has 2 saturated carbocycles. The van der Waals surface area contributed by atoms with Gasteiger partial charge in [-0.05, 0) is 91.0 Å². The predicted octanol–water partition coefficient (Wildman–Crippen LogP) is 8.53. The van der Waals surface area contributed by atoms with Crippen LogP contribution in [0.1, 0.15) is 96.7 Å². The lowest BCUT2D eigenvalue weighted by Gasteiger charge is -2.27. The van der Waals surface area contributed by atoms with Gasteiger partial charge < -0.3 is 40.7 Å². The quantitative estimate of drug-likeness (QED) is 0.0992. The van der Waals surface area contributed by atoms with E-state index in [-0.39, 0.29) is 34.7 Å². The minimum atomic E-state index is -1.14. The summed E-state index contributed by atoms with van der Waals surface area (Å²) in [4.78, 5) is 72.4. The van der Waals surface area contributed by atoms with Gasteiger partial charge in [0.15, 0.2) is 0 Å². The van der Waals surface area contributed by atoms with E-state index in [1.807, 2.05) is 29.4 Å². The second-order valence-electron chi connectivity index (χ2n) is 18.2. The van der Waals surface area contributed by atoms with Gasteiger partial charge in [-0.25, -0.2) is 19.6 Å². The number of carbonyl (C=O) groups excluding carboxylic acids is 4. The third kappa shape index (κ3) is 7.66. The maximum atomic E-state index is 14.1. The van der Waals surface area contributed by atoms with Crippen LogP contribution in [-0.4, -0.2) is 66.8 Å². The number of ether oxygens (including phenoxy) is 2. The van der Waals surface area contributed by atoms with Crippen LogP contribution in [0.2, 0.25) is 0 Å². The van der Waals surface area contributed by atoms with Gasteiger partial charge in [-0.1, -0.05) is 97.1 Å². The molecule has 0 unspecified atom stereocenters. The smallest absolute Gasteiger partial charge is 0.405 e. The van der Waals surface area contributed by atoms with Crippen molar-refractivity contribution in [3.8, 4) is 33.6 Å². The lowest BCUT2D eigenvalue weighted by atomic mass is 9.92. The Morgan fingerprint density at radius 3 is 1.48 bits per heavy atom. The van der Waals surface area contributed by atoms with Crippen LogP contribution in [-0.2, 0) is 19.1 Å². The van der Waals surface area contributed by atoms with Crippen molar-refractivity contribution in [2.24, 2.45) is 22.3 Å². The van der Waals surface area contributed by atoms with E-state index in [1.165, 1.54) is 0 Å². The number of nitrogens with two attached hydrogens (primary N) is 2. The third-order valence-corrected chi connectivity index (χ3v) is 14.0. The van der Waals surface area contributed by atoms with Gasteiger partial charge in [-0.15, -0.1) is 0 Å². The topological polar surface area (TPSA) is 203 Å². The van der Waals surface area contributed by atoms with Crippen LogP contribution in [0.3, 0.4) is 0 Å². The van der Waals surface area contributed by atoms with E-state index in [1.54, 1.807) is 53.4 Å². The number of benzene rings is 4. The Morgan fingerprint density at radius 1 is 0.594 bits per heavy atom. The Labute approximate surface area is 370 Å². The highest BCUT2D eigenvalue weighted by molar-refractivity contribution is 5.86. The highest BCUT2D eigenvalue weighted by Gasteiger charge is 2.56. The lowest BCUT2D eigenvalue weighted by molar-refractivity contribution is -0.142. The summed E-state index contributed by atoms with van der Waals surface area (Å²) in [7, 11) is 0. The Hall–Kier alpha value is -7.22. The van der Waals surface area contributed by atoms with E-state index in [9.17, 15) is 19.2 Å². The molecule has 326 valence electrons. The number of carbonyl (C=O) groups is 4. The molecule has 2 aromatic heterocycles. The van der Waals surface area contributed by atoms with Crippen LogP contribution in [0.15, 0.2) is 109 Å². The molecule has 4 aromatic carbocycles. The standard InChI is InChI=1S/C50H50N8O6/c1-29-30(2)36(38-26-54-44(56-38)40-24-50(21-22-50)28-58(40)46(60)42(64-48(52)62)34-11-7-4-8-12-34)18-17-35(29)31-13-15-32(16-14-31)37-25-53-43(55-37)39-23-49(19-20-49)27-57(39)45(59)41(63-47(51)61)33-9-5-3-6-10-33/h3-18,25-26,39-42H,19-24,27-28H2,1-2H3,(H2,51,61)(H2,52,62)(H,53,55)(H,54,56)/t39-,40-,41+,42+/m0/s1. The van der Waals surface area contributed by atoms with Crippen LogP contribution < -0.4 is 11.5 Å². The van der Waals surface area contributed by atoms with Crippen molar-refractivity contribution < 1.29 is 28.7 Å². The van der Waals surface area contributed by atoms with E-state index in [4.69, 9.17) is 30.9 Å². The molecule has 6 aromatic rings. The maximum Gasteiger partial charge on any atom is 0.405 e. The number of H-pyrrole nitrogens is 2. The molecular formula is C50H50N8O6. The number of aromatic amines is 2. The molecule has 6 N–H and O–H groups in total. The number of likely N-dealkylation sites (tertiary alicyclic amines) is 2. The normalized spacial score (nSPS) is 20.0. The molecule has 4 amide bonds. The molecule has 2 aliphatic heterocycles. The van der Waals surface area contributed by atoms with E-state index >= 15 is 0 Å². The fraction of sp³-hybridized carbons (Fsp3) is 0.320. The van der Waals surface area contributed by atoms with Gasteiger partial charge in [-0.2, -0.15) is 0 Å². The number of aromatic nitrogens is 4. The zero-order chi connectivity index (χ0) is 44.3. The summed E-state index contributed by atoms with van der Waals surface area (Å²) in [6.45, 7) is 5.36. The SMILES string of the molecule is Cc1c(-c2ccc(-c3cnc([C@@H]4CC5(CC5)CN4C(=O)[C@H](OC(N)=O)c4ccccc4)[nH]3)cc2)ccc(-c2cnc([C@@H]3CC4(CC4)CN3C(=O)[C@H](OC(N)=O)c3ccccc3)[nH]2)c1C. The molecule has 0 radical (unpaired) electrons. The van der Waals surface area contributed by atoms with Gasteiger partial charge >= 0.3 is 12.2 Å². The number of rotatable bonds is 11. The Morgan fingerprint density at radius 2 is 1.02 bits per heavy atom. The molecule has 2 saturated heterocycles. The first-order chi connectivity index (χ1) is 30.9. The molecule has 0 bridgehead atoms. The highest BCUT2D eigenvalue weighted by atomic mass is 16.6. The largest absolute Gasteiger partial charge is 0.431 e. The number of hydrogen-bond acceptors (Lipinski definition) is 8. The Bertz CT molecular complexity index is 2760. The second-order valence-corrected chi connectivity index (χ2v) is 18.2. The molecule has 14 nitrogen and oxygen atoms in total. The number of imidazole rings is 2. The van der Waals surface area contributed by atoms with Gasteiger partial charge in [0.1, 0.15) is 11.6 Å². The zero-order valence-electron chi connectivity index (χ0n) is 35.8. The molecule has 4 fully saturated rings. The summed E-state index contributed by atoms with van der Waals surface area (Å²) < 4.78 is 10.8. The number of hydrogen-bond donors (Lipinski definition) is 4. The molecule has 4 aliphatic rings. The van der Waals surface area contributed by atoms with Crippen molar-refractivity contribution in [3.63, 3.8) is 0 Å². The van der Waals surface area contributed by atoms with Crippen molar-refractivity contribution >= 4 is 24.0 Å². The monoisotopic (exact) mass is 858 g/mol. The molecule has 4 atom stereocenters. The summed E-state index contributed by atoms with van der Waals surface area (Å²) in [5, 5.41) is 0. The average molecular weight is 859 g/mol. The predicted molar refractivity (Wildman–Crippen MR) is 238 cm³/mol. The van der Waals surface area contributed by atoms with Crippen LogP contribution in [0.5, 0.6) is 0 Å². The minimum absolute atomic E-state index is 0.0401. The first-order valence-corrected chi connectivity index (χ1v) is 21.8. The van der Waals surface area contributed by atoms with E-state index in [0.29, 0.717) is 35.9 Å². The molecule has 2 spiro atoms. The summed E-state index contributed by atoms with van der Waals surface area (Å²) in [5.41, 5.74) is 20.2. The lowest BCUT2D eigenvalue weighted by Crippen LogP contribution is -2.38. The van der Waals surface area contributed by atoms with E-state index < -0.39 is 24.4 Å². The maximum absolute atomic E-state index is 14.1. The van der Waals surface area contributed by atoms with Crippen LogP contribution in [0, 0.1) is 24.7 Å². The Balaban J connectivity index is 0.860. The third-order valence-electron chi connectivity index (χ3n) is 14.0. The van der Waals surface area contributed by atoms with Crippen LogP contribution >= 0.6 is 0 Å². The number of primary amides is 2. The highest BCUT2D eigenvalue weighted by Crippen LogP contribution is 2.60. The van der Waals surface area contributed by atoms with Gasteiger partial charge in [-0.3, -0.25) is 9.59 Å². The molecule has 14 heteroatoms. The number of nitrogens with zero attached hydrogens (tertiary/aromatic N) is 4. The number of amides is 4. The zero-order valence-corrected chi connectivity index (χ0v) is 35.8. The van der Waals surface area contributed by atoms with Gasteiger partial charge in [0.05, 0.1) is 35.9 Å². The first-order valence-electron chi connectivity index (χ1n) is 21.8. The van der Waals surface area contributed by atoms with E-state index in [2.05, 4.69) is 60.2 Å². The first kappa shape index (κ1) is 40.8. The van der Waals surface area contributed by atoms with Crippen molar-refractivity contribution in [2.75, 3.05) is 13.1 Å². The van der Waals surface area contributed by atoms with Gasteiger partial charge in [0.25, 0.3) is 11.8 Å². The molecular weight excluding hydrogens is 809 g/mol. The van der Waals surface area contributed by atoms with Crippen LogP contribution in [0.25, 0.3) is 33.6 Å². The van der Waals surface area contributed by atoms with E-state index in [0.717, 1.165) is 83.3 Å². The Kier molecular flexibility index (Phi) is 10.1. The van der Waals surface area contributed by atoms with Gasteiger partial charge in [0.2, 0.25) is 12.2 Å². The minimum Gasteiger partial charge on any atom is -0.431 e. The summed E-state index contributed by atoms with van der Waals surface area (Å²) in [6.07, 6.45) is 5.05. The molecule has 64 heavy (non-hydrogen) atoms. The summed E-state index contributed by atoms with van der Waals surface area (Å²) in [6, 6.07) is 29.9. The molecule has 2 aliphatic carbocycles. The van der Waals surface area contributed by atoms with Crippen LogP contribution in [0.4, 0.5) is 9.59 Å². The molecule has 4 heterocycles. The van der Waals surface area contributed by atoms with Crippen molar-refractivity contribution in [2.45, 2.75) is 76.7 Å². The summed E-state index contributed by atoms with van der Waals surface area (Å²) in [5.74, 6) is 0.774. The van der Waals surface area contributed by atoms with Crippen molar-refractivity contribution in [1.82, 2.24) is 29.7 Å². The summed E-state index contributed by atoms with van der Waals surface area (Å²) >= 11 is 0. The second kappa shape index (κ2) is 15.8. The molecule has 10 rings (SSSR count). The van der Waals surface area contributed by atoms with Crippen molar-refractivity contribution in [1.29, 1.82) is 0 Å². The van der Waals surface area contributed by atoms with Crippen molar-refractivity contribution in [3.05, 3.63) is 143 Å². The number of nitrogens with one attached hydrogen (secondary N) is 2.